The summed E-state index contributed by atoms with van der Waals surface area (Å²) in [6, 6.07) is 21.1. The molecule has 1 saturated heterocycles. The Balaban J connectivity index is 1.33. The van der Waals surface area contributed by atoms with Crippen LogP contribution in [0, 0.1) is 0 Å². The molecule has 196 valence electrons. The first-order valence-corrected chi connectivity index (χ1v) is 14.0. The van der Waals surface area contributed by atoms with E-state index in [2.05, 4.69) is 9.97 Å². The first kappa shape index (κ1) is 25.2. The largest absolute Gasteiger partial charge is 0.337 e. The fourth-order valence-corrected chi connectivity index (χ4v) is 6.48. The summed E-state index contributed by atoms with van der Waals surface area (Å²) in [4.78, 5) is 42.4. The third-order valence-corrected chi connectivity index (χ3v) is 8.63. The van der Waals surface area contributed by atoms with Crippen molar-refractivity contribution in [3.05, 3.63) is 107 Å². The molecule has 1 aromatic heterocycles. The molecule has 0 aliphatic carbocycles. The smallest absolute Gasteiger partial charge is 0.259 e. The highest BCUT2D eigenvalue weighted by Gasteiger charge is 2.32. The Bertz CT molecular complexity index is 1590. The van der Waals surface area contributed by atoms with Crippen molar-refractivity contribution in [2.24, 2.45) is 0 Å². The molecule has 4 aromatic rings. The van der Waals surface area contributed by atoms with E-state index in [1.165, 1.54) is 0 Å². The minimum Gasteiger partial charge on any atom is -0.337 e. The molecule has 8 nitrogen and oxygen atoms in total. The second kappa shape index (κ2) is 10.6. The summed E-state index contributed by atoms with van der Waals surface area (Å²) in [5.74, 6) is 0.222. The lowest BCUT2D eigenvalue weighted by molar-refractivity contribution is 0.0745. The Hall–Kier alpha value is -4.08. The molecule has 1 atom stereocenters. The third-order valence-electron chi connectivity index (χ3n) is 6.89. The summed E-state index contributed by atoms with van der Waals surface area (Å²) in [7, 11) is -1.60. The number of anilines is 2. The van der Waals surface area contributed by atoms with Crippen LogP contribution in [0.25, 0.3) is 0 Å². The molecule has 3 heterocycles. The van der Waals surface area contributed by atoms with Crippen molar-refractivity contribution in [2.45, 2.75) is 16.3 Å². The van der Waals surface area contributed by atoms with E-state index in [1.807, 2.05) is 17.0 Å². The Morgan fingerprint density at radius 1 is 0.872 bits per heavy atom. The molecule has 0 unspecified atom stereocenters. The molecule has 6 rings (SSSR count). The summed E-state index contributed by atoms with van der Waals surface area (Å²) in [6.07, 6.45) is 3.41. The zero-order valence-electron chi connectivity index (χ0n) is 20.9. The summed E-state index contributed by atoms with van der Waals surface area (Å²) in [6.45, 7) is 2.46. The molecule has 10 heteroatoms. The van der Waals surface area contributed by atoms with E-state index < -0.39 is 10.8 Å². The van der Waals surface area contributed by atoms with Crippen molar-refractivity contribution in [3.8, 4) is 0 Å². The fraction of sp³-hybridized carbons (Fsp3) is 0.172. The molecular weight excluding hydrogens is 534 g/mol. The molecule has 2 aliphatic heterocycles. The van der Waals surface area contributed by atoms with E-state index in [4.69, 9.17) is 11.6 Å². The normalized spacial score (nSPS) is 16.9. The third kappa shape index (κ3) is 4.91. The van der Waals surface area contributed by atoms with Gasteiger partial charge in [-0.1, -0.05) is 35.9 Å². The zero-order chi connectivity index (χ0) is 26.9. The second-order valence-corrected chi connectivity index (χ2v) is 11.2. The lowest BCUT2D eigenvalue weighted by Crippen LogP contribution is -2.49. The number of aromatic nitrogens is 2. The number of rotatable bonds is 4. The van der Waals surface area contributed by atoms with Gasteiger partial charge in [-0.2, -0.15) is 0 Å². The fourth-order valence-electron chi connectivity index (χ4n) is 4.92. The number of nitrogens with zero attached hydrogens (tertiary/aromatic N) is 5. The van der Waals surface area contributed by atoms with E-state index in [0.717, 1.165) is 5.56 Å². The van der Waals surface area contributed by atoms with Crippen molar-refractivity contribution in [2.75, 3.05) is 36.0 Å². The summed E-state index contributed by atoms with van der Waals surface area (Å²) >= 11 is 6.22. The van der Waals surface area contributed by atoms with E-state index >= 15 is 0 Å². The van der Waals surface area contributed by atoms with Crippen LogP contribution in [-0.2, 0) is 17.3 Å². The monoisotopic (exact) mass is 557 g/mol. The Labute approximate surface area is 233 Å². The predicted octanol–water partition coefficient (Wildman–Crippen LogP) is 4.42. The zero-order valence-corrected chi connectivity index (χ0v) is 22.4. The van der Waals surface area contributed by atoms with Gasteiger partial charge in [0.25, 0.3) is 11.8 Å². The quantitative estimate of drug-likeness (QED) is 0.369. The Kier molecular flexibility index (Phi) is 6.85. The van der Waals surface area contributed by atoms with Gasteiger partial charge in [-0.3, -0.25) is 9.59 Å². The summed E-state index contributed by atoms with van der Waals surface area (Å²) in [5.41, 5.74) is 2.09. The van der Waals surface area contributed by atoms with Gasteiger partial charge in [0, 0.05) is 49.2 Å². The van der Waals surface area contributed by atoms with Crippen LogP contribution in [0.1, 0.15) is 26.3 Å². The predicted molar refractivity (Wildman–Crippen MR) is 150 cm³/mol. The minimum atomic E-state index is -1.60. The summed E-state index contributed by atoms with van der Waals surface area (Å²) < 4.78 is 13.7. The van der Waals surface area contributed by atoms with Crippen LogP contribution in [0.4, 0.5) is 11.6 Å². The van der Waals surface area contributed by atoms with Gasteiger partial charge in [-0.15, -0.1) is 0 Å². The van der Waals surface area contributed by atoms with Gasteiger partial charge in [0.2, 0.25) is 5.95 Å². The molecule has 0 N–H and O–H groups in total. The highest BCUT2D eigenvalue weighted by molar-refractivity contribution is 7.85. The molecule has 0 saturated carbocycles. The molecule has 2 aliphatic rings. The maximum Gasteiger partial charge on any atom is 0.259 e. The number of fused-ring (bicyclic) bond motifs is 2. The van der Waals surface area contributed by atoms with Crippen LogP contribution >= 0.6 is 11.6 Å². The lowest BCUT2D eigenvalue weighted by Gasteiger charge is -2.35. The van der Waals surface area contributed by atoms with Crippen molar-refractivity contribution in [1.29, 1.82) is 0 Å². The number of piperazine rings is 1. The topological polar surface area (TPSA) is 86.7 Å². The molecule has 0 spiro atoms. The van der Waals surface area contributed by atoms with Gasteiger partial charge >= 0.3 is 0 Å². The first-order valence-electron chi connectivity index (χ1n) is 12.5. The molecule has 2 amide bonds. The average molecular weight is 558 g/mol. The minimum absolute atomic E-state index is 0.144. The Morgan fingerprint density at radius 3 is 2.41 bits per heavy atom. The number of hydrogen-bond donors (Lipinski definition) is 0. The average Bonchev–Trinajstić information content (AvgIpc) is 3.06. The van der Waals surface area contributed by atoms with Gasteiger partial charge in [0.1, 0.15) is 0 Å². The van der Waals surface area contributed by atoms with Crippen LogP contribution in [-0.4, -0.2) is 57.1 Å². The summed E-state index contributed by atoms with van der Waals surface area (Å²) in [5, 5.41) is 0.558. The maximum absolute atomic E-state index is 13.8. The molecule has 0 radical (unpaired) electrons. The van der Waals surface area contributed by atoms with Gasteiger partial charge in [-0.25, -0.2) is 14.2 Å². The number of benzene rings is 3. The number of hydrogen-bond acceptors (Lipinski definition) is 6. The number of halogens is 1. The molecule has 39 heavy (non-hydrogen) atoms. The standard InChI is InChI=1S/C29H24ClN5O3S/c30-22-6-3-5-20(17-22)19-35-24-18-21(9-10-26(24)39(38)25-8-2-1-7-23(25)28(35)37)27(36)33-13-15-34(16-14-33)29-31-11-4-12-32-29/h1-12,17-18H,13-16,19H2/t39-/m1/s1. The first-order chi connectivity index (χ1) is 19.0. The number of amides is 2. The Morgan fingerprint density at radius 2 is 1.64 bits per heavy atom. The highest BCUT2D eigenvalue weighted by atomic mass is 35.5. The van der Waals surface area contributed by atoms with Crippen molar-refractivity contribution in [1.82, 2.24) is 14.9 Å². The van der Waals surface area contributed by atoms with Crippen molar-refractivity contribution in [3.63, 3.8) is 0 Å². The van der Waals surface area contributed by atoms with Crippen LogP contribution in [0.15, 0.2) is 95.0 Å². The molecule has 1 fully saturated rings. The van der Waals surface area contributed by atoms with E-state index in [-0.39, 0.29) is 18.4 Å². The SMILES string of the molecule is O=C(c1ccc2c(c1)N(Cc1cccc(Cl)c1)C(=O)c1ccccc1[S@]2=O)N1CCN(c2ncccn2)CC1. The maximum atomic E-state index is 13.8. The van der Waals surface area contributed by atoms with Crippen molar-refractivity contribution >= 4 is 45.9 Å². The molecular formula is C29H24ClN5O3S. The number of carbonyl (C=O) groups is 2. The lowest BCUT2D eigenvalue weighted by atomic mass is 10.1. The van der Waals surface area contributed by atoms with Crippen molar-refractivity contribution < 1.29 is 13.8 Å². The second-order valence-electron chi connectivity index (χ2n) is 9.30. The van der Waals surface area contributed by atoms with Crippen LogP contribution in [0.3, 0.4) is 0 Å². The van der Waals surface area contributed by atoms with E-state index in [9.17, 15) is 13.8 Å². The van der Waals surface area contributed by atoms with Gasteiger partial charge in [0.15, 0.2) is 0 Å². The van der Waals surface area contributed by atoms with Crippen LogP contribution in [0.2, 0.25) is 5.02 Å². The highest BCUT2D eigenvalue weighted by Crippen LogP contribution is 2.36. The van der Waals surface area contributed by atoms with Gasteiger partial charge in [0.05, 0.1) is 38.4 Å². The molecule has 3 aromatic carbocycles. The van der Waals surface area contributed by atoms with E-state index in [0.29, 0.717) is 63.8 Å². The van der Waals surface area contributed by atoms with Crippen LogP contribution < -0.4 is 9.80 Å². The molecule has 0 bridgehead atoms. The van der Waals surface area contributed by atoms with Gasteiger partial charge < -0.3 is 14.7 Å². The van der Waals surface area contributed by atoms with Crippen LogP contribution in [0.5, 0.6) is 0 Å². The van der Waals surface area contributed by atoms with E-state index in [1.54, 1.807) is 82.9 Å². The number of carbonyl (C=O) groups excluding carboxylic acids is 2. The van der Waals surface area contributed by atoms with Gasteiger partial charge in [-0.05, 0) is 54.1 Å².